The van der Waals surface area contributed by atoms with Crippen LogP contribution in [0.3, 0.4) is 0 Å². The molecule has 0 spiro atoms. The van der Waals surface area contributed by atoms with Crippen LogP contribution in [0.4, 0.5) is 5.69 Å². The van der Waals surface area contributed by atoms with E-state index in [2.05, 4.69) is 15.0 Å². The molecular formula is C12H10N2O4. The smallest absolute Gasteiger partial charge is 0.269 e. The summed E-state index contributed by atoms with van der Waals surface area (Å²) < 4.78 is 15.6. The third kappa shape index (κ3) is 2.00. The number of amides is 1. The Morgan fingerprint density at radius 1 is 1.33 bits per heavy atom. The molecule has 1 unspecified atom stereocenters. The molecule has 1 aliphatic rings. The Hall–Kier alpha value is -2.50. The minimum Gasteiger partial charge on any atom is -0.485 e. The maximum absolute atomic E-state index is 11.9. The molecule has 92 valence electrons. The van der Waals surface area contributed by atoms with Crippen molar-refractivity contribution in [3.05, 3.63) is 36.7 Å². The lowest BCUT2D eigenvalue weighted by Gasteiger charge is -2.25. The zero-order chi connectivity index (χ0) is 12.4. The number of nitrogens with zero attached hydrogens (tertiary/aromatic N) is 1. The molecule has 1 aromatic heterocycles. The van der Waals surface area contributed by atoms with Gasteiger partial charge in [-0.1, -0.05) is 17.3 Å². The van der Waals surface area contributed by atoms with Crippen LogP contribution in [0.1, 0.15) is 0 Å². The largest absolute Gasteiger partial charge is 0.485 e. The van der Waals surface area contributed by atoms with Crippen molar-refractivity contribution in [1.82, 2.24) is 5.16 Å². The molecule has 0 radical (unpaired) electrons. The van der Waals surface area contributed by atoms with Crippen molar-refractivity contribution in [1.29, 1.82) is 0 Å². The molecule has 0 fully saturated rings. The molecule has 1 amide bonds. The molecule has 6 heteroatoms. The lowest BCUT2D eigenvalue weighted by atomic mass is 10.2. The predicted molar refractivity (Wildman–Crippen MR) is 61.5 cm³/mol. The van der Waals surface area contributed by atoms with Crippen molar-refractivity contribution in [2.24, 2.45) is 0 Å². The van der Waals surface area contributed by atoms with Gasteiger partial charge in [-0.15, -0.1) is 0 Å². The zero-order valence-electron chi connectivity index (χ0n) is 9.33. The number of anilines is 1. The van der Waals surface area contributed by atoms with Crippen LogP contribution in [0.25, 0.3) is 0 Å². The molecule has 6 nitrogen and oxygen atoms in total. The van der Waals surface area contributed by atoms with E-state index in [4.69, 9.17) is 9.47 Å². The van der Waals surface area contributed by atoms with Gasteiger partial charge < -0.3 is 19.3 Å². The summed E-state index contributed by atoms with van der Waals surface area (Å²) in [6, 6.07) is 7.22. The van der Waals surface area contributed by atoms with E-state index < -0.39 is 6.10 Å². The monoisotopic (exact) mass is 246 g/mol. The fourth-order valence-corrected chi connectivity index (χ4v) is 1.64. The van der Waals surface area contributed by atoms with Crippen molar-refractivity contribution in [3.8, 4) is 11.5 Å². The lowest BCUT2D eigenvalue weighted by molar-refractivity contribution is -0.125. The maximum atomic E-state index is 11.9. The standard InChI is InChI=1S/C12H10N2O4/c15-12(14-8-5-13-17-6-8)11-7-16-9-3-1-2-4-10(9)18-11/h1-6,11H,7H2,(H,14,15). The van der Waals surface area contributed by atoms with E-state index in [0.29, 0.717) is 17.2 Å². The number of carbonyl (C=O) groups excluding carboxylic acids is 1. The van der Waals surface area contributed by atoms with Gasteiger partial charge in [0.1, 0.15) is 18.6 Å². The third-order valence-electron chi connectivity index (χ3n) is 2.50. The van der Waals surface area contributed by atoms with Crippen LogP contribution in [0.15, 0.2) is 41.2 Å². The van der Waals surface area contributed by atoms with Gasteiger partial charge in [0.25, 0.3) is 5.91 Å². The number of aromatic nitrogens is 1. The second-order valence-electron chi connectivity index (χ2n) is 3.77. The van der Waals surface area contributed by atoms with Crippen molar-refractivity contribution < 1.29 is 18.8 Å². The summed E-state index contributed by atoms with van der Waals surface area (Å²) >= 11 is 0. The SMILES string of the molecule is O=C(Nc1cnoc1)C1COc2ccccc2O1. The zero-order valence-corrected chi connectivity index (χ0v) is 9.33. The summed E-state index contributed by atoms with van der Waals surface area (Å²) in [5.41, 5.74) is 0.488. The Kier molecular flexibility index (Phi) is 2.60. The average molecular weight is 246 g/mol. The minimum absolute atomic E-state index is 0.175. The summed E-state index contributed by atoms with van der Waals surface area (Å²) in [5, 5.41) is 6.12. The quantitative estimate of drug-likeness (QED) is 0.868. The number of benzene rings is 1. The molecule has 0 saturated heterocycles. The van der Waals surface area contributed by atoms with Crippen LogP contribution < -0.4 is 14.8 Å². The molecule has 0 saturated carbocycles. The highest BCUT2D eigenvalue weighted by molar-refractivity contribution is 5.94. The van der Waals surface area contributed by atoms with Gasteiger partial charge in [0.2, 0.25) is 6.10 Å². The Bertz CT molecular complexity index is 553. The van der Waals surface area contributed by atoms with E-state index in [9.17, 15) is 4.79 Å². The number of carbonyl (C=O) groups is 1. The molecule has 1 aliphatic heterocycles. The van der Waals surface area contributed by atoms with Gasteiger partial charge >= 0.3 is 0 Å². The van der Waals surface area contributed by atoms with E-state index in [1.165, 1.54) is 12.5 Å². The number of para-hydroxylation sites is 2. The molecule has 1 atom stereocenters. The van der Waals surface area contributed by atoms with Crippen molar-refractivity contribution >= 4 is 11.6 Å². The van der Waals surface area contributed by atoms with Gasteiger partial charge in [-0.25, -0.2) is 0 Å². The first-order valence-electron chi connectivity index (χ1n) is 5.41. The molecule has 2 aromatic rings. The Labute approximate surface area is 102 Å². The summed E-state index contributed by atoms with van der Waals surface area (Å²) in [5.74, 6) is 0.911. The number of rotatable bonds is 2. The van der Waals surface area contributed by atoms with E-state index in [1.54, 1.807) is 12.1 Å². The van der Waals surface area contributed by atoms with Gasteiger partial charge in [-0.05, 0) is 12.1 Å². The number of nitrogens with one attached hydrogen (secondary N) is 1. The fourth-order valence-electron chi connectivity index (χ4n) is 1.64. The van der Waals surface area contributed by atoms with Gasteiger partial charge in [0, 0.05) is 0 Å². The molecule has 0 aliphatic carbocycles. The molecule has 3 rings (SSSR count). The average Bonchev–Trinajstić information content (AvgIpc) is 2.91. The van der Waals surface area contributed by atoms with Crippen molar-refractivity contribution in [2.45, 2.75) is 6.10 Å². The lowest BCUT2D eigenvalue weighted by Crippen LogP contribution is -2.40. The molecular weight excluding hydrogens is 236 g/mol. The summed E-state index contributed by atoms with van der Waals surface area (Å²) in [7, 11) is 0. The first kappa shape index (κ1) is 10.6. The number of ether oxygens (including phenoxy) is 2. The fraction of sp³-hybridized carbons (Fsp3) is 0.167. The van der Waals surface area contributed by atoms with Crippen LogP contribution >= 0.6 is 0 Å². The second-order valence-corrected chi connectivity index (χ2v) is 3.77. The van der Waals surface area contributed by atoms with E-state index >= 15 is 0 Å². The van der Waals surface area contributed by atoms with E-state index in [-0.39, 0.29) is 12.5 Å². The van der Waals surface area contributed by atoms with Gasteiger partial charge in [0.05, 0.1) is 6.20 Å². The van der Waals surface area contributed by atoms with Gasteiger partial charge in [-0.2, -0.15) is 0 Å². The van der Waals surface area contributed by atoms with Crippen LogP contribution in [-0.4, -0.2) is 23.8 Å². The van der Waals surface area contributed by atoms with Crippen molar-refractivity contribution in [2.75, 3.05) is 11.9 Å². The van der Waals surface area contributed by atoms with Crippen LogP contribution in [0.2, 0.25) is 0 Å². The van der Waals surface area contributed by atoms with Crippen molar-refractivity contribution in [3.63, 3.8) is 0 Å². The summed E-state index contributed by atoms with van der Waals surface area (Å²) in [4.78, 5) is 11.9. The second kappa shape index (κ2) is 4.40. The first-order valence-corrected chi connectivity index (χ1v) is 5.41. The van der Waals surface area contributed by atoms with Gasteiger partial charge in [0.15, 0.2) is 11.5 Å². The molecule has 2 heterocycles. The molecule has 18 heavy (non-hydrogen) atoms. The van der Waals surface area contributed by atoms with Crippen LogP contribution in [0, 0.1) is 0 Å². The topological polar surface area (TPSA) is 73.6 Å². The van der Waals surface area contributed by atoms with Gasteiger partial charge in [-0.3, -0.25) is 4.79 Å². The Balaban J connectivity index is 1.70. The normalized spacial score (nSPS) is 17.2. The predicted octanol–water partition coefficient (Wildman–Crippen LogP) is 1.45. The minimum atomic E-state index is -0.685. The Morgan fingerprint density at radius 3 is 2.94 bits per heavy atom. The molecule has 1 N–H and O–H groups in total. The summed E-state index contributed by atoms with van der Waals surface area (Å²) in [6.45, 7) is 0.175. The van der Waals surface area contributed by atoms with Crippen LogP contribution in [-0.2, 0) is 4.79 Å². The maximum Gasteiger partial charge on any atom is 0.269 e. The highest BCUT2D eigenvalue weighted by Crippen LogP contribution is 2.31. The first-order chi connectivity index (χ1) is 8.83. The number of hydrogen-bond donors (Lipinski definition) is 1. The van der Waals surface area contributed by atoms with Crippen LogP contribution in [0.5, 0.6) is 11.5 Å². The van der Waals surface area contributed by atoms with E-state index in [1.807, 2.05) is 12.1 Å². The Morgan fingerprint density at radius 2 is 2.17 bits per heavy atom. The highest BCUT2D eigenvalue weighted by atomic mass is 16.6. The third-order valence-corrected chi connectivity index (χ3v) is 2.50. The van der Waals surface area contributed by atoms with E-state index in [0.717, 1.165) is 0 Å². The molecule has 0 bridgehead atoms. The number of fused-ring (bicyclic) bond motifs is 1. The summed E-state index contributed by atoms with van der Waals surface area (Å²) in [6.07, 6.45) is 2.07. The molecule has 1 aromatic carbocycles. The number of hydrogen-bond acceptors (Lipinski definition) is 5. The highest BCUT2D eigenvalue weighted by Gasteiger charge is 2.27.